The van der Waals surface area contributed by atoms with E-state index in [-0.39, 0.29) is 26.2 Å². The maximum absolute atomic E-state index is 12.0. The molecule has 1 aliphatic heterocycles. The summed E-state index contributed by atoms with van der Waals surface area (Å²) in [7, 11) is 0. The lowest BCUT2D eigenvalue weighted by Gasteiger charge is -2.16. The number of aliphatic hydroxyl groups excluding tert-OH is 1. The van der Waals surface area contributed by atoms with Gasteiger partial charge in [-0.15, -0.1) is 0 Å². The topological polar surface area (TPSA) is 169 Å². The average molecular weight is 411 g/mol. The molecule has 2 N–H and O–H groups in total. The Bertz CT molecular complexity index is 845. The number of rotatable bonds is 10. The van der Waals surface area contributed by atoms with Crippen LogP contribution in [-0.4, -0.2) is 52.8 Å². The maximum atomic E-state index is 12.0. The number of azide groups is 1. The summed E-state index contributed by atoms with van der Waals surface area (Å²) in [6.07, 6.45) is 2.21. The van der Waals surface area contributed by atoms with Gasteiger partial charge in [-0.1, -0.05) is 11.5 Å². The van der Waals surface area contributed by atoms with E-state index in [9.17, 15) is 14.4 Å². The highest BCUT2D eigenvalue weighted by atomic mass is 16.7. The van der Waals surface area contributed by atoms with Gasteiger partial charge in [0.15, 0.2) is 0 Å². The summed E-state index contributed by atoms with van der Waals surface area (Å²) in [6.45, 7) is 1.68. The molecule has 1 saturated heterocycles. The van der Waals surface area contributed by atoms with Gasteiger partial charge in [0, 0.05) is 29.7 Å². The van der Waals surface area contributed by atoms with Gasteiger partial charge in [-0.2, -0.15) is 0 Å². The van der Waals surface area contributed by atoms with Crippen LogP contribution in [0.2, 0.25) is 0 Å². The fraction of sp³-hybridized carbons (Fsp3) is 0.706. The van der Waals surface area contributed by atoms with E-state index in [2.05, 4.69) is 15.0 Å². The van der Waals surface area contributed by atoms with Crippen LogP contribution < -0.4 is 11.2 Å². The molecule has 1 aliphatic rings. The van der Waals surface area contributed by atoms with Crippen LogP contribution >= 0.6 is 0 Å². The molecular formula is C17H25N5O7. The predicted molar refractivity (Wildman–Crippen MR) is 100 cm³/mol. The van der Waals surface area contributed by atoms with E-state index in [1.54, 1.807) is 6.92 Å². The Labute approximate surface area is 166 Å². The fourth-order valence-corrected chi connectivity index (χ4v) is 2.94. The van der Waals surface area contributed by atoms with Crippen LogP contribution in [0.15, 0.2) is 20.9 Å². The summed E-state index contributed by atoms with van der Waals surface area (Å²) in [5.41, 5.74) is 7.95. The van der Waals surface area contributed by atoms with Crippen LogP contribution in [0.1, 0.15) is 43.9 Å². The number of nitrogens with zero attached hydrogens (tertiary/aromatic N) is 4. The Balaban J connectivity index is 1.89. The molecule has 0 spiro atoms. The molecule has 12 nitrogen and oxygen atoms in total. The van der Waals surface area contributed by atoms with Crippen molar-refractivity contribution >= 4 is 6.16 Å². The molecule has 0 bridgehead atoms. The standard InChI is InChI=1S/C17H25N5O7/c1-11-9-22(16(25)19-15(11)24)14-8-12(20-21-18)13(29-14)10-28-17(26)27-7-5-3-2-4-6-23/h9,12-14,23H,2-8,10H2,1H3,(H,19,24,25)/t12-,13+,14+/m0/s1. The van der Waals surface area contributed by atoms with E-state index < -0.39 is 35.8 Å². The molecule has 0 unspecified atom stereocenters. The first-order valence-corrected chi connectivity index (χ1v) is 9.38. The quantitative estimate of drug-likeness (QED) is 0.193. The molecular weight excluding hydrogens is 386 g/mol. The highest BCUT2D eigenvalue weighted by Gasteiger charge is 2.37. The van der Waals surface area contributed by atoms with Gasteiger partial charge in [0.1, 0.15) is 18.9 Å². The summed E-state index contributed by atoms with van der Waals surface area (Å²) >= 11 is 0. The Morgan fingerprint density at radius 2 is 2.14 bits per heavy atom. The summed E-state index contributed by atoms with van der Waals surface area (Å²) in [5.74, 6) is 0. The molecule has 29 heavy (non-hydrogen) atoms. The van der Waals surface area contributed by atoms with Gasteiger partial charge in [-0.3, -0.25) is 14.3 Å². The third-order valence-corrected chi connectivity index (χ3v) is 4.50. The number of aliphatic hydroxyl groups is 1. The molecule has 0 radical (unpaired) electrons. The number of aromatic amines is 1. The fourth-order valence-electron chi connectivity index (χ4n) is 2.94. The lowest BCUT2D eigenvalue weighted by molar-refractivity contribution is -0.0423. The molecule has 0 saturated carbocycles. The molecule has 0 aromatic carbocycles. The molecule has 2 heterocycles. The summed E-state index contributed by atoms with van der Waals surface area (Å²) in [5, 5.41) is 12.3. The highest BCUT2D eigenvalue weighted by Crippen LogP contribution is 2.30. The smallest absolute Gasteiger partial charge is 0.434 e. The van der Waals surface area contributed by atoms with Gasteiger partial charge in [0.2, 0.25) is 0 Å². The zero-order chi connectivity index (χ0) is 21.2. The highest BCUT2D eigenvalue weighted by molar-refractivity contribution is 5.59. The summed E-state index contributed by atoms with van der Waals surface area (Å²) in [4.78, 5) is 40.2. The largest absolute Gasteiger partial charge is 0.508 e. The van der Waals surface area contributed by atoms with Gasteiger partial charge in [0.25, 0.3) is 5.56 Å². The molecule has 12 heteroatoms. The molecule has 3 atom stereocenters. The van der Waals surface area contributed by atoms with Crippen molar-refractivity contribution in [3.63, 3.8) is 0 Å². The Morgan fingerprint density at radius 3 is 2.86 bits per heavy atom. The second kappa shape index (κ2) is 11.2. The molecule has 2 rings (SSSR count). The second-order valence-electron chi connectivity index (χ2n) is 6.66. The van der Waals surface area contributed by atoms with Gasteiger partial charge in [0.05, 0.1) is 12.6 Å². The van der Waals surface area contributed by atoms with Gasteiger partial charge in [-0.05, 0) is 31.7 Å². The molecule has 0 amide bonds. The maximum Gasteiger partial charge on any atom is 0.508 e. The number of carbonyl (C=O) groups is 1. The number of H-pyrrole nitrogens is 1. The molecule has 160 valence electrons. The van der Waals surface area contributed by atoms with E-state index in [0.29, 0.717) is 18.4 Å². The average Bonchev–Trinajstić information content (AvgIpc) is 3.08. The number of carbonyl (C=O) groups excluding carboxylic acids is 1. The van der Waals surface area contributed by atoms with Gasteiger partial charge < -0.3 is 19.3 Å². The monoisotopic (exact) mass is 411 g/mol. The van der Waals surface area contributed by atoms with Crippen LogP contribution in [0, 0.1) is 6.92 Å². The summed E-state index contributed by atoms with van der Waals surface area (Å²) in [6, 6.07) is -0.657. The summed E-state index contributed by atoms with van der Waals surface area (Å²) < 4.78 is 16.9. The van der Waals surface area contributed by atoms with Gasteiger partial charge in [-0.25, -0.2) is 9.59 Å². The first-order valence-electron chi connectivity index (χ1n) is 9.38. The second-order valence-corrected chi connectivity index (χ2v) is 6.66. The number of aryl methyl sites for hydroxylation is 1. The predicted octanol–water partition coefficient (Wildman–Crippen LogP) is 1.52. The van der Waals surface area contributed by atoms with Crippen molar-refractivity contribution in [3.05, 3.63) is 43.0 Å². The molecule has 1 fully saturated rings. The van der Waals surface area contributed by atoms with Crippen LogP contribution in [0.5, 0.6) is 0 Å². The first kappa shape index (κ1) is 22.5. The number of hydrogen-bond donors (Lipinski definition) is 2. The normalized spacial score (nSPS) is 20.8. The van der Waals surface area contributed by atoms with Crippen molar-refractivity contribution in [1.82, 2.24) is 9.55 Å². The Kier molecular flexibility index (Phi) is 8.71. The van der Waals surface area contributed by atoms with E-state index >= 15 is 0 Å². The van der Waals surface area contributed by atoms with E-state index in [1.165, 1.54) is 10.8 Å². The zero-order valence-corrected chi connectivity index (χ0v) is 16.2. The number of aromatic nitrogens is 2. The number of ether oxygens (including phenoxy) is 3. The van der Waals surface area contributed by atoms with E-state index in [0.717, 1.165) is 12.8 Å². The lowest BCUT2D eigenvalue weighted by atomic mass is 10.1. The minimum absolute atomic E-state index is 0.141. The Hall–Kier alpha value is -2.82. The molecule has 0 aliphatic carbocycles. The van der Waals surface area contributed by atoms with Crippen molar-refractivity contribution in [1.29, 1.82) is 0 Å². The molecule has 1 aromatic rings. The number of hydrogen-bond acceptors (Lipinski definition) is 8. The lowest BCUT2D eigenvalue weighted by Crippen LogP contribution is -2.33. The zero-order valence-electron chi connectivity index (χ0n) is 16.2. The SMILES string of the molecule is Cc1cn([C@H]2C[C@H](N=[N+]=[N-])[C@@H](COC(=O)OCCCCCCO)O2)c(=O)[nH]c1=O. The Morgan fingerprint density at radius 1 is 1.38 bits per heavy atom. The van der Waals surface area contributed by atoms with Crippen LogP contribution in [-0.2, 0) is 14.2 Å². The van der Waals surface area contributed by atoms with Crippen LogP contribution in [0.4, 0.5) is 4.79 Å². The van der Waals surface area contributed by atoms with Crippen LogP contribution in [0.3, 0.4) is 0 Å². The first-order chi connectivity index (χ1) is 14.0. The minimum Gasteiger partial charge on any atom is -0.434 e. The number of nitrogens with one attached hydrogen (secondary N) is 1. The van der Waals surface area contributed by atoms with Crippen molar-refractivity contribution < 1.29 is 24.1 Å². The van der Waals surface area contributed by atoms with Crippen molar-refractivity contribution in [2.75, 3.05) is 19.8 Å². The number of unbranched alkanes of at least 4 members (excludes halogenated alkanes) is 3. The minimum atomic E-state index is -0.865. The third-order valence-electron chi connectivity index (χ3n) is 4.50. The van der Waals surface area contributed by atoms with Crippen molar-refractivity contribution in [2.24, 2.45) is 5.11 Å². The van der Waals surface area contributed by atoms with E-state index in [4.69, 9.17) is 24.8 Å². The third kappa shape index (κ3) is 6.63. The van der Waals surface area contributed by atoms with Gasteiger partial charge >= 0.3 is 11.8 Å². The molecule has 1 aromatic heterocycles. The van der Waals surface area contributed by atoms with E-state index in [1.807, 2.05) is 0 Å². The van der Waals surface area contributed by atoms with Crippen LogP contribution in [0.25, 0.3) is 10.4 Å². The van der Waals surface area contributed by atoms with Crippen molar-refractivity contribution in [2.45, 2.75) is 57.4 Å². The van der Waals surface area contributed by atoms with Crippen molar-refractivity contribution in [3.8, 4) is 0 Å².